The number of nitrogens with zero attached hydrogens (tertiary/aromatic N) is 3. The van der Waals surface area contributed by atoms with Crippen LogP contribution in [-0.2, 0) is 0 Å². The number of hydrogen-bond acceptors (Lipinski definition) is 3. The van der Waals surface area contributed by atoms with E-state index in [1.54, 1.807) is 6.20 Å². The third-order valence-electron chi connectivity index (χ3n) is 1.54. The van der Waals surface area contributed by atoms with Crippen molar-refractivity contribution in [2.45, 2.75) is 0 Å². The van der Waals surface area contributed by atoms with E-state index in [4.69, 9.17) is 5.11 Å². The molecule has 5 heteroatoms. The minimum atomic E-state index is -0.992. The van der Waals surface area contributed by atoms with Gasteiger partial charge in [0, 0.05) is 12.4 Å². The number of carboxylic acids is 1. The number of rotatable bonds is 1. The number of hydrogen-bond donors (Lipinski definition) is 1. The van der Waals surface area contributed by atoms with Crippen LogP contribution in [0.4, 0.5) is 0 Å². The highest BCUT2D eigenvalue weighted by Gasteiger charge is 2.08. The van der Waals surface area contributed by atoms with Gasteiger partial charge in [0.2, 0.25) is 0 Å². The third kappa shape index (κ3) is 0.833. The first-order valence-corrected chi connectivity index (χ1v) is 3.29. The SMILES string of the molecule is O=C(O)c1cnc2cnccn12. The molecular weight excluding hydrogens is 158 g/mol. The van der Waals surface area contributed by atoms with Crippen LogP contribution in [0.2, 0.25) is 0 Å². The van der Waals surface area contributed by atoms with Gasteiger partial charge in [0.15, 0.2) is 11.3 Å². The predicted molar refractivity (Wildman–Crippen MR) is 39.9 cm³/mol. The summed E-state index contributed by atoms with van der Waals surface area (Å²) in [6.07, 6.45) is 5.89. The van der Waals surface area contributed by atoms with Gasteiger partial charge in [-0.3, -0.25) is 9.38 Å². The van der Waals surface area contributed by atoms with Crippen LogP contribution >= 0.6 is 0 Å². The van der Waals surface area contributed by atoms with E-state index < -0.39 is 5.97 Å². The summed E-state index contributed by atoms with van der Waals surface area (Å²) >= 11 is 0. The van der Waals surface area contributed by atoms with Gasteiger partial charge in [0.1, 0.15) is 0 Å². The lowest BCUT2D eigenvalue weighted by molar-refractivity contribution is 0.0689. The molecule has 0 saturated carbocycles. The summed E-state index contributed by atoms with van der Waals surface area (Å²) in [4.78, 5) is 18.3. The van der Waals surface area contributed by atoms with Crippen molar-refractivity contribution in [3.8, 4) is 0 Å². The summed E-state index contributed by atoms with van der Waals surface area (Å²) in [5.74, 6) is -0.992. The van der Waals surface area contributed by atoms with Gasteiger partial charge in [-0.15, -0.1) is 0 Å². The fourth-order valence-corrected chi connectivity index (χ4v) is 1.00. The third-order valence-corrected chi connectivity index (χ3v) is 1.54. The Morgan fingerprint density at radius 3 is 3.08 bits per heavy atom. The highest BCUT2D eigenvalue weighted by molar-refractivity contribution is 5.86. The van der Waals surface area contributed by atoms with Crippen LogP contribution in [0.5, 0.6) is 0 Å². The minimum absolute atomic E-state index is 0.146. The summed E-state index contributed by atoms with van der Waals surface area (Å²) in [7, 11) is 0. The maximum absolute atomic E-state index is 10.6. The lowest BCUT2D eigenvalue weighted by atomic mass is 10.5. The second kappa shape index (κ2) is 2.30. The van der Waals surface area contributed by atoms with Crippen molar-refractivity contribution in [2.24, 2.45) is 0 Å². The highest BCUT2D eigenvalue weighted by atomic mass is 16.4. The lowest BCUT2D eigenvalue weighted by Gasteiger charge is -1.93. The summed E-state index contributed by atoms with van der Waals surface area (Å²) < 4.78 is 1.47. The molecule has 0 aliphatic rings. The Morgan fingerprint density at radius 2 is 2.33 bits per heavy atom. The summed E-state index contributed by atoms with van der Waals surface area (Å²) in [6, 6.07) is 0. The Hall–Kier alpha value is -1.91. The molecule has 0 aliphatic carbocycles. The molecular formula is C7H5N3O2. The van der Waals surface area contributed by atoms with E-state index in [0.717, 1.165) is 0 Å². The first-order valence-electron chi connectivity index (χ1n) is 3.29. The number of carbonyl (C=O) groups is 1. The van der Waals surface area contributed by atoms with E-state index in [9.17, 15) is 4.79 Å². The zero-order chi connectivity index (χ0) is 8.55. The molecule has 0 saturated heterocycles. The number of aromatic nitrogens is 3. The van der Waals surface area contributed by atoms with E-state index >= 15 is 0 Å². The first kappa shape index (κ1) is 6.78. The molecule has 0 spiro atoms. The molecule has 60 valence electrons. The van der Waals surface area contributed by atoms with Gasteiger partial charge in [-0.1, -0.05) is 0 Å². The highest BCUT2D eigenvalue weighted by Crippen LogP contribution is 2.03. The fraction of sp³-hybridized carbons (Fsp3) is 0. The molecule has 0 aliphatic heterocycles. The summed E-state index contributed by atoms with van der Waals surface area (Å²) in [5, 5.41) is 8.69. The van der Waals surface area contributed by atoms with Crippen LogP contribution in [0.25, 0.3) is 5.65 Å². The molecule has 0 radical (unpaired) electrons. The Morgan fingerprint density at radius 1 is 1.50 bits per heavy atom. The Labute approximate surface area is 67.3 Å². The van der Waals surface area contributed by atoms with Crippen LogP contribution in [0, 0.1) is 0 Å². The van der Waals surface area contributed by atoms with Crippen LogP contribution in [-0.4, -0.2) is 25.4 Å². The quantitative estimate of drug-likeness (QED) is 0.661. The minimum Gasteiger partial charge on any atom is -0.477 e. The van der Waals surface area contributed by atoms with E-state index in [0.29, 0.717) is 5.65 Å². The smallest absolute Gasteiger partial charge is 0.354 e. The molecule has 1 N–H and O–H groups in total. The van der Waals surface area contributed by atoms with Crippen LogP contribution in [0.1, 0.15) is 10.5 Å². The van der Waals surface area contributed by atoms with Crippen molar-refractivity contribution in [2.75, 3.05) is 0 Å². The van der Waals surface area contributed by atoms with Gasteiger partial charge in [-0.25, -0.2) is 9.78 Å². The molecule has 5 nitrogen and oxygen atoms in total. The van der Waals surface area contributed by atoms with Gasteiger partial charge >= 0.3 is 5.97 Å². The van der Waals surface area contributed by atoms with E-state index in [1.165, 1.54) is 23.0 Å². The Balaban J connectivity index is 2.79. The molecule has 0 bridgehead atoms. The molecule has 12 heavy (non-hydrogen) atoms. The molecule has 0 fully saturated rings. The van der Waals surface area contributed by atoms with Gasteiger partial charge in [0.05, 0.1) is 12.4 Å². The summed E-state index contributed by atoms with van der Waals surface area (Å²) in [6.45, 7) is 0. The fourth-order valence-electron chi connectivity index (χ4n) is 1.00. The van der Waals surface area contributed by atoms with Crippen LogP contribution in [0.15, 0.2) is 24.8 Å². The predicted octanol–water partition coefficient (Wildman–Crippen LogP) is 0.427. The molecule has 2 aromatic rings. The second-order valence-corrected chi connectivity index (χ2v) is 2.25. The molecule has 2 aromatic heterocycles. The average Bonchev–Trinajstić information content (AvgIpc) is 2.47. The number of fused-ring (bicyclic) bond motifs is 1. The molecule has 0 aromatic carbocycles. The maximum Gasteiger partial charge on any atom is 0.354 e. The standard InChI is InChI=1S/C7H5N3O2/c11-7(12)5-3-9-6-4-8-1-2-10(5)6/h1-4H,(H,11,12). The molecule has 0 amide bonds. The monoisotopic (exact) mass is 163 g/mol. The maximum atomic E-state index is 10.6. The van der Waals surface area contributed by atoms with Gasteiger partial charge in [-0.05, 0) is 0 Å². The first-order chi connectivity index (χ1) is 5.79. The largest absolute Gasteiger partial charge is 0.477 e. The number of aromatic carboxylic acids is 1. The average molecular weight is 163 g/mol. The van der Waals surface area contributed by atoms with Crippen molar-refractivity contribution in [3.05, 3.63) is 30.5 Å². The summed E-state index contributed by atoms with van der Waals surface area (Å²) in [5.41, 5.74) is 0.683. The topological polar surface area (TPSA) is 67.5 Å². The zero-order valence-electron chi connectivity index (χ0n) is 6.01. The van der Waals surface area contributed by atoms with Gasteiger partial charge in [0.25, 0.3) is 0 Å². The van der Waals surface area contributed by atoms with E-state index in [2.05, 4.69) is 9.97 Å². The lowest BCUT2D eigenvalue weighted by Crippen LogP contribution is -2.00. The van der Waals surface area contributed by atoms with Crippen molar-refractivity contribution in [1.82, 2.24) is 14.4 Å². The van der Waals surface area contributed by atoms with E-state index in [1.807, 2.05) is 0 Å². The molecule has 2 heterocycles. The second-order valence-electron chi connectivity index (χ2n) is 2.25. The van der Waals surface area contributed by atoms with Crippen molar-refractivity contribution in [1.29, 1.82) is 0 Å². The zero-order valence-corrected chi connectivity index (χ0v) is 6.01. The van der Waals surface area contributed by atoms with Crippen LogP contribution < -0.4 is 0 Å². The van der Waals surface area contributed by atoms with Gasteiger partial charge in [-0.2, -0.15) is 0 Å². The normalized spacial score (nSPS) is 10.3. The van der Waals surface area contributed by atoms with Crippen LogP contribution in [0.3, 0.4) is 0 Å². The Kier molecular flexibility index (Phi) is 1.30. The molecule has 0 atom stereocenters. The van der Waals surface area contributed by atoms with Gasteiger partial charge < -0.3 is 5.11 Å². The molecule has 0 unspecified atom stereocenters. The number of carboxylic acid groups (broad SMARTS) is 1. The Bertz CT molecular complexity index is 435. The number of imidazole rings is 1. The molecule has 2 rings (SSSR count). The van der Waals surface area contributed by atoms with Crippen molar-refractivity contribution in [3.63, 3.8) is 0 Å². The van der Waals surface area contributed by atoms with Crippen molar-refractivity contribution >= 4 is 11.6 Å². The van der Waals surface area contributed by atoms with Crippen molar-refractivity contribution < 1.29 is 9.90 Å². The van der Waals surface area contributed by atoms with E-state index in [-0.39, 0.29) is 5.69 Å².